The predicted molar refractivity (Wildman–Crippen MR) is 98.5 cm³/mol. The lowest BCUT2D eigenvalue weighted by Crippen LogP contribution is -2.34. The predicted octanol–water partition coefficient (Wildman–Crippen LogP) is 3.63. The number of hydrogen-bond acceptors (Lipinski definition) is 5. The van der Waals surface area contributed by atoms with Crippen molar-refractivity contribution in [3.8, 4) is 0 Å². The summed E-state index contributed by atoms with van der Waals surface area (Å²) < 4.78 is 10.4. The molecule has 0 spiro atoms. The van der Waals surface area contributed by atoms with Crippen LogP contribution in [-0.4, -0.2) is 49.8 Å². The Labute approximate surface area is 142 Å². The molecule has 0 amide bonds. The maximum absolute atomic E-state index is 5.23. The monoisotopic (exact) mass is 332 g/mol. The van der Waals surface area contributed by atoms with E-state index in [0.717, 1.165) is 40.0 Å². The van der Waals surface area contributed by atoms with Crippen LogP contribution < -0.4 is 0 Å². The van der Waals surface area contributed by atoms with E-state index in [-0.39, 0.29) is 0 Å². The molecular formula is C18H24N2O2S. The molecule has 2 rings (SSSR count). The first kappa shape index (κ1) is 17.8. The highest BCUT2D eigenvalue weighted by molar-refractivity contribution is 8.13. The number of hydrogen-bond donors (Lipinski definition) is 0. The molecule has 1 aromatic rings. The first-order valence-corrected chi connectivity index (χ1v) is 8.60. The Morgan fingerprint density at radius 1 is 1.13 bits per heavy atom. The summed E-state index contributed by atoms with van der Waals surface area (Å²) >= 11 is 1.69. The fourth-order valence-electron chi connectivity index (χ4n) is 2.31. The van der Waals surface area contributed by atoms with Crippen LogP contribution in [-0.2, 0) is 9.47 Å². The largest absolute Gasteiger partial charge is 0.384 e. The highest BCUT2D eigenvalue weighted by Crippen LogP contribution is 2.33. The summed E-state index contributed by atoms with van der Waals surface area (Å²) in [6.45, 7) is 8.42. The van der Waals surface area contributed by atoms with Crippen LogP contribution in [0.1, 0.15) is 12.5 Å². The van der Waals surface area contributed by atoms with Gasteiger partial charge in [0, 0.05) is 37.8 Å². The van der Waals surface area contributed by atoms with Crippen molar-refractivity contribution < 1.29 is 9.47 Å². The smallest absolute Gasteiger partial charge is 0.169 e. The molecule has 23 heavy (non-hydrogen) atoms. The fraction of sp³-hybridized carbons (Fsp3) is 0.389. The molecule has 0 unspecified atom stereocenters. The standard InChI is InChI=1S/C18H24N2O2S/c1-14-15(2)20(10-11-21-3)18(23-13-12-22-4)19-17(14)16-8-6-5-7-9-16/h5-9H,2,10-13H2,1,3-4H3. The summed E-state index contributed by atoms with van der Waals surface area (Å²) in [6.07, 6.45) is 0. The second kappa shape index (κ2) is 8.91. The van der Waals surface area contributed by atoms with Crippen molar-refractivity contribution in [2.24, 2.45) is 4.99 Å². The molecule has 0 radical (unpaired) electrons. The van der Waals surface area contributed by atoms with Gasteiger partial charge in [-0.25, -0.2) is 4.99 Å². The maximum Gasteiger partial charge on any atom is 0.169 e. The van der Waals surface area contributed by atoms with Gasteiger partial charge in [-0.1, -0.05) is 48.7 Å². The van der Waals surface area contributed by atoms with Gasteiger partial charge in [-0.3, -0.25) is 0 Å². The second-order valence-corrected chi connectivity index (χ2v) is 6.23. The van der Waals surface area contributed by atoms with Crippen LogP contribution in [0.4, 0.5) is 0 Å². The quantitative estimate of drug-likeness (QED) is 0.714. The molecule has 0 atom stereocenters. The van der Waals surface area contributed by atoms with Gasteiger partial charge in [0.05, 0.1) is 18.9 Å². The Bertz CT molecular complexity index is 596. The van der Waals surface area contributed by atoms with Gasteiger partial charge < -0.3 is 14.4 Å². The van der Waals surface area contributed by atoms with E-state index in [2.05, 4.69) is 30.5 Å². The van der Waals surface area contributed by atoms with Crippen molar-refractivity contribution in [1.29, 1.82) is 0 Å². The van der Waals surface area contributed by atoms with E-state index < -0.39 is 0 Å². The van der Waals surface area contributed by atoms with E-state index in [0.29, 0.717) is 13.2 Å². The van der Waals surface area contributed by atoms with Crippen molar-refractivity contribution >= 4 is 22.6 Å². The minimum Gasteiger partial charge on any atom is -0.384 e. The van der Waals surface area contributed by atoms with E-state index in [1.54, 1.807) is 26.0 Å². The maximum atomic E-state index is 5.23. The number of rotatable bonds is 7. The molecule has 0 saturated heterocycles. The third-order valence-electron chi connectivity index (χ3n) is 3.64. The Balaban J connectivity index is 2.31. The summed E-state index contributed by atoms with van der Waals surface area (Å²) in [6, 6.07) is 10.2. The highest BCUT2D eigenvalue weighted by atomic mass is 32.2. The lowest BCUT2D eigenvalue weighted by atomic mass is 10.0. The molecule has 0 saturated carbocycles. The zero-order valence-corrected chi connectivity index (χ0v) is 14.9. The van der Waals surface area contributed by atoms with Crippen LogP contribution in [0.15, 0.2) is 53.2 Å². The molecule has 0 fully saturated rings. The van der Waals surface area contributed by atoms with Gasteiger partial charge in [0.2, 0.25) is 0 Å². The Morgan fingerprint density at radius 2 is 1.83 bits per heavy atom. The first-order valence-electron chi connectivity index (χ1n) is 7.61. The summed E-state index contributed by atoms with van der Waals surface area (Å²) in [5.74, 6) is 0.854. The molecule has 1 aliphatic heterocycles. The number of allylic oxidation sites excluding steroid dienone is 1. The van der Waals surface area contributed by atoms with Crippen LogP contribution >= 0.6 is 11.8 Å². The zero-order valence-electron chi connectivity index (χ0n) is 14.0. The van der Waals surface area contributed by atoms with E-state index >= 15 is 0 Å². The summed E-state index contributed by atoms with van der Waals surface area (Å²) in [7, 11) is 3.42. The van der Waals surface area contributed by atoms with Gasteiger partial charge >= 0.3 is 0 Å². The minimum atomic E-state index is 0.636. The SMILES string of the molecule is C=C1C(C)=C(c2ccccc2)N=C(SCCOC)N1CCOC. The van der Waals surface area contributed by atoms with E-state index in [4.69, 9.17) is 14.5 Å². The molecule has 0 aromatic heterocycles. The van der Waals surface area contributed by atoms with Gasteiger partial charge in [-0.2, -0.15) is 0 Å². The molecule has 0 aliphatic carbocycles. The summed E-state index contributed by atoms with van der Waals surface area (Å²) in [5.41, 5.74) is 4.19. The number of benzene rings is 1. The van der Waals surface area contributed by atoms with Crippen molar-refractivity contribution in [1.82, 2.24) is 4.90 Å². The molecule has 0 N–H and O–H groups in total. The number of methoxy groups -OCH3 is 2. The fourth-order valence-corrected chi connectivity index (χ4v) is 3.26. The Kier molecular flexibility index (Phi) is 6.89. The van der Waals surface area contributed by atoms with Crippen molar-refractivity contribution in [2.45, 2.75) is 6.92 Å². The summed E-state index contributed by atoms with van der Waals surface area (Å²) in [4.78, 5) is 7.03. The van der Waals surface area contributed by atoms with Crippen molar-refractivity contribution in [3.63, 3.8) is 0 Å². The molecule has 4 nitrogen and oxygen atoms in total. The van der Waals surface area contributed by atoms with Crippen LogP contribution in [0.3, 0.4) is 0 Å². The number of amidine groups is 1. The minimum absolute atomic E-state index is 0.636. The molecule has 1 heterocycles. The average molecular weight is 332 g/mol. The van der Waals surface area contributed by atoms with E-state index in [9.17, 15) is 0 Å². The highest BCUT2D eigenvalue weighted by Gasteiger charge is 2.24. The Morgan fingerprint density at radius 3 is 2.48 bits per heavy atom. The number of aliphatic imine (C=N–C) groups is 1. The van der Waals surface area contributed by atoms with Crippen molar-refractivity contribution in [2.75, 3.05) is 39.7 Å². The van der Waals surface area contributed by atoms with Gasteiger partial charge in [0.1, 0.15) is 0 Å². The van der Waals surface area contributed by atoms with Gasteiger partial charge in [-0.15, -0.1) is 0 Å². The molecule has 1 aromatic carbocycles. The molecule has 0 bridgehead atoms. The molecular weight excluding hydrogens is 308 g/mol. The normalized spacial score (nSPS) is 15.2. The lowest BCUT2D eigenvalue weighted by molar-refractivity contribution is 0.185. The van der Waals surface area contributed by atoms with Crippen molar-refractivity contribution in [3.05, 3.63) is 53.7 Å². The third kappa shape index (κ3) is 4.47. The van der Waals surface area contributed by atoms with E-state index in [1.165, 1.54) is 0 Å². The van der Waals surface area contributed by atoms with Crippen LogP contribution in [0, 0.1) is 0 Å². The van der Waals surface area contributed by atoms with Gasteiger partial charge in [0.25, 0.3) is 0 Å². The van der Waals surface area contributed by atoms with E-state index in [1.807, 2.05) is 18.2 Å². The van der Waals surface area contributed by atoms with Gasteiger partial charge in [-0.05, 0) is 12.5 Å². The third-order valence-corrected chi connectivity index (χ3v) is 4.58. The van der Waals surface area contributed by atoms with Gasteiger partial charge in [0.15, 0.2) is 5.17 Å². The molecule has 1 aliphatic rings. The first-order chi connectivity index (χ1) is 11.2. The van der Waals surface area contributed by atoms with Crippen LogP contribution in [0.25, 0.3) is 5.70 Å². The molecule has 124 valence electrons. The number of ether oxygens (including phenoxy) is 2. The van der Waals surface area contributed by atoms with Crippen LogP contribution in [0.2, 0.25) is 0 Å². The second-order valence-electron chi connectivity index (χ2n) is 5.17. The average Bonchev–Trinajstić information content (AvgIpc) is 2.58. The topological polar surface area (TPSA) is 34.1 Å². The lowest BCUT2D eigenvalue weighted by Gasteiger charge is -2.32. The Hall–Kier alpha value is -1.56. The van der Waals surface area contributed by atoms with Crippen LogP contribution in [0.5, 0.6) is 0 Å². The zero-order chi connectivity index (χ0) is 16.7. The summed E-state index contributed by atoms with van der Waals surface area (Å²) in [5, 5.41) is 0.952. The molecule has 5 heteroatoms. The number of nitrogens with zero attached hydrogens (tertiary/aromatic N) is 2. The number of thioether (sulfide) groups is 1.